The minimum absolute atomic E-state index is 0.254. The van der Waals surface area contributed by atoms with Gasteiger partial charge in [-0.05, 0) is 24.0 Å². The first-order chi connectivity index (χ1) is 10.0. The number of aliphatic carboxylic acids is 1. The van der Waals surface area contributed by atoms with Gasteiger partial charge < -0.3 is 10.0 Å². The van der Waals surface area contributed by atoms with Crippen LogP contribution in [-0.4, -0.2) is 44.6 Å². The molecule has 0 spiro atoms. The monoisotopic (exact) mass is 305 g/mol. The number of amides is 1. The lowest BCUT2D eigenvalue weighted by Crippen LogP contribution is -2.43. The number of likely N-dealkylation sites (N-methyl/N-ethyl adjacent to an activating group) is 1. The van der Waals surface area contributed by atoms with E-state index >= 15 is 0 Å². The van der Waals surface area contributed by atoms with Crippen molar-refractivity contribution in [3.63, 3.8) is 0 Å². The van der Waals surface area contributed by atoms with Gasteiger partial charge in [0.2, 0.25) is 0 Å². The van der Waals surface area contributed by atoms with E-state index in [1.165, 1.54) is 11.9 Å². The van der Waals surface area contributed by atoms with Gasteiger partial charge in [-0.1, -0.05) is 34.8 Å². The lowest BCUT2D eigenvalue weighted by atomic mass is 10.0. The van der Waals surface area contributed by atoms with Gasteiger partial charge in [0.1, 0.15) is 10.9 Å². The van der Waals surface area contributed by atoms with Crippen molar-refractivity contribution < 1.29 is 14.7 Å². The quantitative estimate of drug-likeness (QED) is 0.907. The first-order valence-corrected chi connectivity index (χ1v) is 7.11. The molecule has 1 aromatic carbocycles. The van der Waals surface area contributed by atoms with Crippen LogP contribution in [0.1, 0.15) is 20.9 Å². The summed E-state index contributed by atoms with van der Waals surface area (Å²) < 4.78 is 3.71. The molecule has 0 bridgehead atoms. The Labute approximate surface area is 126 Å². The summed E-state index contributed by atoms with van der Waals surface area (Å²) >= 11 is 0.976. The van der Waals surface area contributed by atoms with Gasteiger partial charge in [0.15, 0.2) is 0 Å². The molecular weight excluding hydrogens is 290 g/mol. The minimum Gasteiger partial charge on any atom is -0.480 e. The van der Waals surface area contributed by atoms with Gasteiger partial charge >= 0.3 is 5.97 Å². The Kier molecular flexibility index (Phi) is 4.64. The SMILES string of the molecule is Cc1nnsc1C(=O)N(C)[C@@H](Cc1ccccc1)C(=O)O. The maximum Gasteiger partial charge on any atom is 0.326 e. The number of hydrogen-bond donors (Lipinski definition) is 1. The molecule has 110 valence electrons. The van der Waals surface area contributed by atoms with E-state index in [2.05, 4.69) is 9.59 Å². The number of benzene rings is 1. The van der Waals surface area contributed by atoms with Crippen molar-refractivity contribution in [2.45, 2.75) is 19.4 Å². The van der Waals surface area contributed by atoms with Crippen LogP contribution in [0, 0.1) is 6.92 Å². The molecule has 0 fully saturated rings. The van der Waals surface area contributed by atoms with E-state index < -0.39 is 12.0 Å². The second-order valence-electron chi connectivity index (χ2n) is 4.65. The average Bonchev–Trinajstić information content (AvgIpc) is 2.90. The molecule has 1 heterocycles. The normalized spacial score (nSPS) is 11.9. The summed E-state index contributed by atoms with van der Waals surface area (Å²) in [6, 6.07) is 8.30. The smallest absolute Gasteiger partial charge is 0.326 e. The van der Waals surface area contributed by atoms with E-state index in [-0.39, 0.29) is 12.3 Å². The van der Waals surface area contributed by atoms with E-state index in [1.807, 2.05) is 30.3 Å². The van der Waals surface area contributed by atoms with Crippen LogP contribution in [0.4, 0.5) is 0 Å². The number of carboxylic acid groups (broad SMARTS) is 1. The third kappa shape index (κ3) is 3.43. The number of carbonyl (C=O) groups is 2. The number of hydrogen-bond acceptors (Lipinski definition) is 5. The molecule has 0 radical (unpaired) electrons. The van der Waals surface area contributed by atoms with Crippen LogP contribution in [-0.2, 0) is 11.2 Å². The third-order valence-corrected chi connectivity index (χ3v) is 4.01. The van der Waals surface area contributed by atoms with Crippen molar-refractivity contribution in [2.24, 2.45) is 0 Å². The molecule has 1 amide bonds. The summed E-state index contributed by atoms with van der Waals surface area (Å²) in [6.45, 7) is 1.68. The number of carboxylic acids is 1. The fourth-order valence-corrected chi connectivity index (χ4v) is 2.60. The maximum absolute atomic E-state index is 12.4. The predicted molar refractivity (Wildman–Crippen MR) is 78.3 cm³/mol. The molecule has 1 N–H and O–H groups in total. The van der Waals surface area contributed by atoms with E-state index in [4.69, 9.17) is 0 Å². The molecule has 0 unspecified atom stereocenters. The van der Waals surface area contributed by atoms with Gasteiger partial charge in [-0.2, -0.15) is 0 Å². The van der Waals surface area contributed by atoms with Crippen LogP contribution in [0.15, 0.2) is 30.3 Å². The zero-order valence-corrected chi connectivity index (χ0v) is 12.5. The first kappa shape index (κ1) is 15.1. The summed E-state index contributed by atoms with van der Waals surface area (Å²) in [7, 11) is 1.49. The summed E-state index contributed by atoms with van der Waals surface area (Å²) in [6.07, 6.45) is 0.254. The van der Waals surface area contributed by atoms with Crippen LogP contribution in [0.5, 0.6) is 0 Å². The highest BCUT2D eigenvalue weighted by molar-refractivity contribution is 7.07. The zero-order chi connectivity index (χ0) is 15.4. The number of carbonyl (C=O) groups excluding carboxylic acids is 1. The Morgan fingerprint density at radius 3 is 2.52 bits per heavy atom. The zero-order valence-electron chi connectivity index (χ0n) is 11.7. The topological polar surface area (TPSA) is 83.4 Å². The second-order valence-corrected chi connectivity index (χ2v) is 5.40. The van der Waals surface area contributed by atoms with Gasteiger partial charge in [0.05, 0.1) is 5.69 Å². The molecule has 2 rings (SSSR count). The highest BCUT2D eigenvalue weighted by atomic mass is 32.1. The molecule has 2 aromatic rings. The largest absolute Gasteiger partial charge is 0.480 e. The number of rotatable bonds is 5. The van der Waals surface area contributed by atoms with Crippen molar-refractivity contribution in [2.75, 3.05) is 7.05 Å². The molecule has 1 aromatic heterocycles. The van der Waals surface area contributed by atoms with Gasteiger partial charge in [0.25, 0.3) is 5.91 Å². The van der Waals surface area contributed by atoms with E-state index in [9.17, 15) is 14.7 Å². The Hall–Kier alpha value is -2.28. The molecule has 0 aliphatic heterocycles. The van der Waals surface area contributed by atoms with Crippen molar-refractivity contribution in [1.82, 2.24) is 14.5 Å². The Bertz CT molecular complexity index is 642. The molecule has 1 atom stereocenters. The number of nitrogens with zero attached hydrogens (tertiary/aromatic N) is 3. The Balaban J connectivity index is 2.20. The molecule has 7 heteroatoms. The highest BCUT2D eigenvalue weighted by Crippen LogP contribution is 2.16. The highest BCUT2D eigenvalue weighted by Gasteiger charge is 2.29. The fourth-order valence-electron chi connectivity index (χ4n) is 1.96. The van der Waals surface area contributed by atoms with Crippen LogP contribution >= 0.6 is 11.5 Å². The van der Waals surface area contributed by atoms with Crippen LogP contribution in [0.2, 0.25) is 0 Å². The van der Waals surface area contributed by atoms with Crippen molar-refractivity contribution in [3.05, 3.63) is 46.5 Å². The second kappa shape index (κ2) is 6.45. The molecule has 0 saturated carbocycles. The molecule has 0 saturated heterocycles. The van der Waals surface area contributed by atoms with Crippen LogP contribution < -0.4 is 0 Å². The summed E-state index contributed by atoms with van der Waals surface area (Å²) in [5.74, 6) is -1.41. The minimum atomic E-state index is -1.04. The van der Waals surface area contributed by atoms with Gasteiger partial charge in [-0.3, -0.25) is 4.79 Å². The standard InChI is InChI=1S/C14H15N3O3S/c1-9-12(21-16-15-9)13(18)17(2)11(14(19)20)8-10-6-4-3-5-7-10/h3-7,11H,8H2,1-2H3,(H,19,20)/t11-/m0/s1. The van der Waals surface area contributed by atoms with Crippen LogP contribution in [0.25, 0.3) is 0 Å². The van der Waals surface area contributed by atoms with Crippen molar-refractivity contribution in [3.8, 4) is 0 Å². The van der Waals surface area contributed by atoms with Gasteiger partial charge in [0, 0.05) is 13.5 Å². The molecule has 0 aliphatic carbocycles. The van der Waals surface area contributed by atoms with Crippen molar-refractivity contribution >= 4 is 23.4 Å². The van der Waals surface area contributed by atoms with E-state index in [0.717, 1.165) is 17.1 Å². The molecule has 0 aliphatic rings. The molecular formula is C14H15N3O3S. The Morgan fingerprint density at radius 2 is 2.00 bits per heavy atom. The lowest BCUT2D eigenvalue weighted by Gasteiger charge is -2.24. The lowest BCUT2D eigenvalue weighted by molar-refractivity contribution is -0.141. The predicted octanol–water partition coefficient (Wildman–Crippen LogP) is 1.61. The number of aromatic nitrogens is 2. The van der Waals surface area contributed by atoms with E-state index in [1.54, 1.807) is 6.92 Å². The maximum atomic E-state index is 12.4. The first-order valence-electron chi connectivity index (χ1n) is 6.33. The van der Waals surface area contributed by atoms with Gasteiger partial charge in [-0.25, -0.2) is 4.79 Å². The fraction of sp³-hybridized carbons (Fsp3) is 0.286. The summed E-state index contributed by atoms with van der Waals surface area (Å²) in [4.78, 5) is 25.4. The average molecular weight is 305 g/mol. The van der Waals surface area contributed by atoms with E-state index in [0.29, 0.717) is 10.6 Å². The Morgan fingerprint density at radius 1 is 1.33 bits per heavy atom. The van der Waals surface area contributed by atoms with Crippen LogP contribution in [0.3, 0.4) is 0 Å². The van der Waals surface area contributed by atoms with Crippen molar-refractivity contribution in [1.29, 1.82) is 0 Å². The van der Waals surface area contributed by atoms with Gasteiger partial charge in [-0.15, -0.1) is 5.10 Å². The summed E-state index contributed by atoms with van der Waals surface area (Å²) in [5, 5.41) is 13.2. The number of aryl methyl sites for hydroxylation is 1. The molecule has 6 nitrogen and oxygen atoms in total. The molecule has 21 heavy (non-hydrogen) atoms. The third-order valence-electron chi connectivity index (χ3n) is 3.19. The summed E-state index contributed by atoms with van der Waals surface area (Å²) in [5.41, 5.74) is 1.38.